The van der Waals surface area contributed by atoms with Crippen molar-refractivity contribution in [2.75, 3.05) is 0 Å². The Morgan fingerprint density at radius 2 is 2.00 bits per heavy atom. The molecule has 0 radical (unpaired) electrons. The van der Waals surface area contributed by atoms with E-state index in [0.29, 0.717) is 5.92 Å². The van der Waals surface area contributed by atoms with Crippen LogP contribution in [0.2, 0.25) is 0 Å². The summed E-state index contributed by atoms with van der Waals surface area (Å²) in [6.07, 6.45) is 3.39. The Hall–Kier alpha value is -0.630. The van der Waals surface area contributed by atoms with Gasteiger partial charge in [-0.25, -0.2) is 0 Å². The van der Waals surface area contributed by atoms with Crippen molar-refractivity contribution in [3.8, 4) is 0 Å². The minimum Gasteiger partial charge on any atom is -0.281 e. The highest BCUT2D eigenvalue weighted by Crippen LogP contribution is 2.28. The summed E-state index contributed by atoms with van der Waals surface area (Å²) in [5.74, 6) is 0.507. The van der Waals surface area contributed by atoms with E-state index < -0.39 is 0 Å². The number of benzene rings is 1. The molecule has 1 atom stereocenters. The standard InChI is InChI=1S/C13H17BrO/c1-3-7-10(4-2)11-8-5-6-9-12(11)13(14)15/h5-6,8-10H,3-4,7H2,1-2H3. The molecule has 0 aliphatic carbocycles. The lowest BCUT2D eigenvalue weighted by Crippen LogP contribution is -2.03. The van der Waals surface area contributed by atoms with Gasteiger partial charge in [0.05, 0.1) is 0 Å². The van der Waals surface area contributed by atoms with Gasteiger partial charge in [0.2, 0.25) is 4.69 Å². The molecule has 15 heavy (non-hydrogen) atoms. The van der Waals surface area contributed by atoms with Gasteiger partial charge in [0.1, 0.15) is 0 Å². The summed E-state index contributed by atoms with van der Waals surface area (Å²) in [6, 6.07) is 7.88. The fraction of sp³-hybridized carbons (Fsp3) is 0.462. The molecule has 0 N–H and O–H groups in total. The summed E-state index contributed by atoms with van der Waals surface area (Å²) in [4.78, 5) is 11.4. The van der Waals surface area contributed by atoms with Crippen molar-refractivity contribution in [2.45, 2.75) is 39.0 Å². The molecule has 0 saturated carbocycles. The van der Waals surface area contributed by atoms with Crippen molar-refractivity contribution in [3.63, 3.8) is 0 Å². The second-order valence-corrected chi connectivity index (χ2v) is 4.48. The molecule has 0 aliphatic rings. The Labute approximate surface area is 100 Å². The third-order valence-corrected chi connectivity index (χ3v) is 3.17. The molecule has 0 bridgehead atoms. The van der Waals surface area contributed by atoms with Crippen molar-refractivity contribution in [1.29, 1.82) is 0 Å². The monoisotopic (exact) mass is 268 g/mol. The summed E-state index contributed by atoms with van der Waals surface area (Å²) >= 11 is 3.04. The van der Waals surface area contributed by atoms with Crippen molar-refractivity contribution < 1.29 is 4.79 Å². The number of carbonyl (C=O) groups is 1. The van der Waals surface area contributed by atoms with E-state index in [2.05, 4.69) is 35.8 Å². The summed E-state index contributed by atoms with van der Waals surface area (Å²) < 4.78 is -0.00680. The Morgan fingerprint density at radius 1 is 1.33 bits per heavy atom. The van der Waals surface area contributed by atoms with Crippen LogP contribution in [0, 0.1) is 0 Å². The highest BCUT2D eigenvalue weighted by molar-refractivity contribution is 9.18. The van der Waals surface area contributed by atoms with Crippen LogP contribution in [-0.4, -0.2) is 4.69 Å². The first-order valence-corrected chi connectivity index (χ1v) is 6.28. The van der Waals surface area contributed by atoms with E-state index >= 15 is 0 Å². The van der Waals surface area contributed by atoms with Crippen LogP contribution in [0.3, 0.4) is 0 Å². The summed E-state index contributed by atoms with van der Waals surface area (Å²) in [5.41, 5.74) is 2.00. The smallest absolute Gasteiger partial charge is 0.228 e. The van der Waals surface area contributed by atoms with Gasteiger partial charge in [0, 0.05) is 5.56 Å². The van der Waals surface area contributed by atoms with Crippen LogP contribution in [0.1, 0.15) is 54.9 Å². The van der Waals surface area contributed by atoms with Gasteiger partial charge in [0.15, 0.2) is 0 Å². The van der Waals surface area contributed by atoms with Gasteiger partial charge >= 0.3 is 0 Å². The van der Waals surface area contributed by atoms with Gasteiger partial charge in [-0.1, -0.05) is 44.5 Å². The molecule has 0 spiro atoms. The molecule has 0 fully saturated rings. The van der Waals surface area contributed by atoms with E-state index in [4.69, 9.17) is 0 Å². The van der Waals surface area contributed by atoms with E-state index in [1.807, 2.05) is 18.2 Å². The van der Waals surface area contributed by atoms with Crippen molar-refractivity contribution in [1.82, 2.24) is 0 Å². The van der Waals surface area contributed by atoms with Crippen molar-refractivity contribution in [3.05, 3.63) is 35.4 Å². The minimum absolute atomic E-state index is 0.00680. The first-order chi connectivity index (χ1) is 7.20. The molecule has 2 heteroatoms. The lowest BCUT2D eigenvalue weighted by atomic mass is 9.89. The highest BCUT2D eigenvalue weighted by atomic mass is 79.9. The number of rotatable bonds is 5. The molecule has 1 aromatic rings. The highest BCUT2D eigenvalue weighted by Gasteiger charge is 2.15. The van der Waals surface area contributed by atoms with Crippen LogP contribution in [0.15, 0.2) is 24.3 Å². The zero-order valence-corrected chi connectivity index (χ0v) is 10.9. The average molecular weight is 269 g/mol. The Bertz CT molecular complexity index is 333. The van der Waals surface area contributed by atoms with Gasteiger partial charge < -0.3 is 0 Å². The summed E-state index contributed by atoms with van der Waals surface area (Å²) in [5, 5.41) is 0. The zero-order chi connectivity index (χ0) is 11.3. The molecule has 1 nitrogen and oxygen atoms in total. The Balaban J connectivity index is 3.04. The van der Waals surface area contributed by atoms with Crippen molar-refractivity contribution >= 4 is 20.6 Å². The number of hydrogen-bond donors (Lipinski definition) is 0. The maximum absolute atomic E-state index is 11.4. The summed E-state index contributed by atoms with van der Waals surface area (Å²) in [7, 11) is 0. The van der Waals surface area contributed by atoms with E-state index in [1.54, 1.807) is 0 Å². The van der Waals surface area contributed by atoms with E-state index in [1.165, 1.54) is 5.56 Å². The van der Waals surface area contributed by atoms with Gasteiger partial charge in [-0.15, -0.1) is 0 Å². The maximum Gasteiger partial charge on any atom is 0.228 e. The average Bonchev–Trinajstić information content (AvgIpc) is 2.26. The predicted molar refractivity (Wildman–Crippen MR) is 67.6 cm³/mol. The van der Waals surface area contributed by atoms with Crippen LogP contribution in [0.5, 0.6) is 0 Å². The fourth-order valence-corrected chi connectivity index (χ4v) is 2.32. The molecule has 82 valence electrons. The topological polar surface area (TPSA) is 17.1 Å². The second kappa shape index (κ2) is 6.06. The lowest BCUT2D eigenvalue weighted by molar-refractivity contribution is 0.109. The zero-order valence-electron chi connectivity index (χ0n) is 9.29. The van der Waals surface area contributed by atoms with E-state index in [0.717, 1.165) is 24.8 Å². The first-order valence-electron chi connectivity index (χ1n) is 5.49. The number of hydrogen-bond acceptors (Lipinski definition) is 1. The molecule has 0 aromatic heterocycles. The molecule has 0 aliphatic heterocycles. The quantitative estimate of drug-likeness (QED) is 0.718. The molecule has 0 saturated heterocycles. The van der Waals surface area contributed by atoms with Gasteiger partial charge in [-0.05, 0) is 40.3 Å². The van der Waals surface area contributed by atoms with Crippen LogP contribution in [0.25, 0.3) is 0 Å². The molecular formula is C13H17BrO. The summed E-state index contributed by atoms with van der Waals surface area (Å²) in [6.45, 7) is 4.36. The lowest BCUT2D eigenvalue weighted by Gasteiger charge is -2.16. The van der Waals surface area contributed by atoms with E-state index in [9.17, 15) is 4.79 Å². The molecular weight excluding hydrogens is 252 g/mol. The molecule has 1 rings (SSSR count). The molecule has 1 aromatic carbocycles. The maximum atomic E-state index is 11.4. The Morgan fingerprint density at radius 3 is 2.53 bits per heavy atom. The number of carbonyl (C=O) groups excluding carboxylic acids is 1. The van der Waals surface area contributed by atoms with Gasteiger partial charge in [-0.3, -0.25) is 4.79 Å². The molecule has 1 unspecified atom stereocenters. The van der Waals surface area contributed by atoms with Gasteiger partial charge in [-0.2, -0.15) is 0 Å². The molecule has 0 heterocycles. The fourth-order valence-electron chi connectivity index (χ4n) is 1.96. The van der Waals surface area contributed by atoms with E-state index in [-0.39, 0.29) is 4.69 Å². The SMILES string of the molecule is CCCC(CC)c1ccccc1C(=O)Br. The van der Waals surface area contributed by atoms with Crippen LogP contribution in [-0.2, 0) is 0 Å². The van der Waals surface area contributed by atoms with Crippen LogP contribution >= 0.6 is 15.9 Å². The predicted octanol–water partition coefficient (Wildman–Crippen LogP) is 4.52. The molecule has 0 amide bonds. The first kappa shape index (κ1) is 12.4. The Kier molecular flexibility index (Phi) is 5.03. The third kappa shape index (κ3) is 3.16. The minimum atomic E-state index is -0.00680. The van der Waals surface area contributed by atoms with Crippen LogP contribution < -0.4 is 0 Å². The normalized spacial score (nSPS) is 12.5. The van der Waals surface area contributed by atoms with Crippen LogP contribution in [0.4, 0.5) is 0 Å². The third-order valence-electron chi connectivity index (χ3n) is 2.74. The number of halogens is 1. The second-order valence-electron chi connectivity index (χ2n) is 3.75. The van der Waals surface area contributed by atoms with Gasteiger partial charge in [0.25, 0.3) is 0 Å². The largest absolute Gasteiger partial charge is 0.281 e. The van der Waals surface area contributed by atoms with Crippen molar-refractivity contribution in [2.24, 2.45) is 0 Å².